The third kappa shape index (κ3) is 6.45. The van der Waals surface area contributed by atoms with Crippen LogP contribution in [0.2, 0.25) is 0 Å². The Morgan fingerprint density at radius 1 is 1.19 bits per heavy atom. The van der Waals surface area contributed by atoms with Gasteiger partial charge in [-0.3, -0.25) is 9.59 Å². The van der Waals surface area contributed by atoms with Crippen molar-refractivity contribution < 1.29 is 25.3 Å². The van der Waals surface area contributed by atoms with E-state index in [0.29, 0.717) is 18.2 Å². The molecule has 1 aromatic rings. The van der Waals surface area contributed by atoms with Gasteiger partial charge in [-0.2, -0.15) is 0 Å². The van der Waals surface area contributed by atoms with Crippen LogP contribution in [0.4, 0.5) is 0 Å². The number of aromatic hydroxyl groups is 1. The molecule has 1 saturated carbocycles. The number of carbonyl (C=O) groups excluding carboxylic acids is 1. The second-order valence-corrected chi connectivity index (χ2v) is 9.69. The molecule has 1 heterocycles. The number of likely N-dealkylation sites (tertiary alicyclic amines) is 1. The monoisotopic (exact) mass is 448 g/mol. The summed E-state index contributed by atoms with van der Waals surface area (Å²) in [6.45, 7) is 7.97. The Kier molecular flexibility index (Phi) is 9.52. The maximum Gasteiger partial charge on any atom is 0.303 e. The number of aliphatic carboxylic acids is 1. The Morgan fingerprint density at radius 2 is 1.91 bits per heavy atom. The average molecular weight is 449 g/mol. The lowest BCUT2D eigenvalue weighted by molar-refractivity contribution is -0.142. The van der Waals surface area contributed by atoms with Gasteiger partial charge in [-0.05, 0) is 54.8 Å². The SMILES string of the molecule is CC1CN(CCN(C(=O)CCC(=O)O)C2CCCCC2)CCC1(C)c1cccc(O)c1.O. The molecule has 1 aromatic carbocycles. The van der Waals surface area contributed by atoms with Crippen LogP contribution in [0, 0.1) is 5.92 Å². The summed E-state index contributed by atoms with van der Waals surface area (Å²) in [7, 11) is 0. The number of piperidine rings is 1. The van der Waals surface area contributed by atoms with Gasteiger partial charge in [0.25, 0.3) is 0 Å². The van der Waals surface area contributed by atoms with E-state index < -0.39 is 5.97 Å². The van der Waals surface area contributed by atoms with Crippen LogP contribution in [-0.4, -0.2) is 69.6 Å². The number of hydrogen-bond donors (Lipinski definition) is 2. The van der Waals surface area contributed by atoms with Crippen molar-refractivity contribution in [3.05, 3.63) is 29.8 Å². The molecule has 7 heteroatoms. The van der Waals surface area contributed by atoms with Crippen LogP contribution >= 0.6 is 0 Å². The van der Waals surface area contributed by atoms with Crippen LogP contribution in [0.15, 0.2) is 24.3 Å². The minimum atomic E-state index is -0.909. The number of rotatable bonds is 8. The summed E-state index contributed by atoms with van der Waals surface area (Å²) in [6.07, 6.45) is 6.60. The number of carbonyl (C=O) groups is 2. The molecule has 1 saturated heterocycles. The minimum Gasteiger partial charge on any atom is -0.508 e. The van der Waals surface area contributed by atoms with Crippen LogP contribution in [0.1, 0.15) is 70.8 Å². The molecule has 2 atom stereocenters. The fourth-order valence-electron chi connectivity index (χ4n) is 5.32. The lowest BCUT2D eigenvalue weighted by atomic mass is 9.68. The van der Waals surface area contributed by atoms with Crippen molar-refractivity contribution in [3.8, 4) is 5.75 Å². The first-order chi connectivity index (χ1) is 14.8. The predicted molar refractivity (Wildman–Crippen MR) is 125 cm³/mol. The van der Waals surface area contributed by atoms with Crippen LogP contribution in [0.5, 0.6) is 5.75 Å². The minimum absolute atomic E-state index is 0. The van der Waals surface area contributed by atoms with Crippen molar-refractivity contribution in [3.63, 3.8) is 0 Å². The number of phenols is 1. The summed E-state index contributed by atoms with van der Waals surface area (Å²) in [4.78, 5) is 28.2. The molecule has 2 fully saturated rings. The first kappa shape index (κ1) is 26.1. The van der Waals surface area contributed by atoms with Gasteiger partial charge in [0.15, 0.2) is 0 Å². The van der Waals surface area contributed by atoms with Gasteiger partial charge >= 0.3 is 5.97 Å². The number of carboxylic acid groups (broad SMARTS) is 1. The van der Waals surface area contributed by atoms with Gasteiger partial charge in [-0.25, -0.2) is 0 Å². The van der Waals surface area contributed by atoms with E-state index in [1.54, 1.807) is 6.07 Å². The van der Waals surface area contributed by atoms with Gasteiger partial charge < -0.3 is 25.5 Å². The van der Waals surface area contributed by atoms with E-state index in [1.807, 2.05) is 17.0 Å². The van der Waals surface area contributed by atoms with Crippen LogP contribution in [0.3, 0.4) is 0 Å². The van der Waals surface area contributed by atoms with E-state index in [4.69, 9.17) is 5.11 Å². The molecule has 180 valence electrons. The highest BCUT2D eigenvalue weighted by molar-refractivity contribution is 5.81. The number of nitrogens with zero attached hydrogens (tertiary/aromatic N) is 2. The number of amides is 1. The van der Waals surface area contributed by atoms with E-state index in [9.17, 15) is 14.7 Å². The molecule has 3 rings (SSSR count). The largest absolute Gasteiger partial charge is 0.508 e. The van der Waals surface area contributed by atoms with E-state index in [-0.39, 0.29) is 35.7 Å². The predicted octanol–water partition coefficient (Wildman–Crippen LogP) is 3.19. The lowest BCUT2D eigenvalue weighted by Crippen LogP contribution is -2.51. The Balaban J connectivity index is 0.00000363. The van der Waals surface area contributed by atoms with Gasteiger partial charge in [-0.1, -0.05) is 45.2 Å². The van der Waals surface area contributed by atoms with Crippen molar-refractivity contribution in [2.45, 2.75) is 76.7 Å². The molecule has 0 spiro atoms. The van der Waals surface area contributed by atoms with E-state index in [2.05, 4.69) is 24.8 Å². The molecule has 4 N–H and O–H groups in total. The second kappa shape index (κ2) is 11.7. The number of phenolic OH excluding ortho intramolecular Hbond substituents is 1. The van der Waals surface area contributed by atoms with Crippen molar-refractivity contribution in [2.75, 3.05) is 26.2 Å². The van der Waals surface area contributed by atoms with Crippen LogP contribution in [-0.2, 0) is 15.0 Å². The molecule has 7 nitrogen and oxygen atoms in total. The molecular weight excluding hydrogens is 408 g/mol. The van der Waals surface area contributed by atoms with Crippen LogP contribution in [0.25, 0.3) is 0 Å². The van der Waals surface area contributed by atoms with Crippen LogP contribution < -0.4 is 0 Å². The van der Waals surface area contributed by atoms with Crippen molar-refractivity contribution in [1.82, 2.24) is 9.80 Å². The highest BCUT2D eigenvalue weighted by Crippen LogP contribution is 2.40. The highest BCUT2D eigenvalue weighted by atomic mass is 16.4. The smallest absolute Gasteiger partial charge is 0.303 e. The Morgan fingerprint density at radius 3 is 2.53 bits per heavy atom. The van der Waals surface area contributed by atoms with Gasteiger partial charge in [0.2, 0.25) is 5.91 Å². The topological polar surface area (TPSA) is 113 Å². The maximum atomic E-state index is 12.8. The third-order valence-corrected chi connectivity index (χ3v) is 7.62. The molecule has 2 aliphatic rings. The molecule has 1 amide bonds. The Bertz CT molecular complexity index is 764. The highest BCUT2D eigenvalue weighted by Gasteiger charge is 2.38. The first-order valence-electron chi connectivity index (χ1n) is 11.8. The molecule has 1 aliphatic carbocycles. The third-order valence-electron chi connectivity index (χ3n) is 7.62. The standard InChI is InChI=1S/C25H38N2O4.H2O/c1-19-18-26(14-13-25(19,2)20-7-6-10-22(28)17-20)15-16-27(21-8-4-3-5-9-21)23(29)11-12-24(30)31;/h6-7,10,17,19,21,28H,3-5,8-9,11-16,18H2,1-2H3,(H,30,31);1H2. The Labute approximate surface area is 191 Å². The zero-order chi connectivity index (χ0) is 22.4. The summed E-state index contributed by atoms with van der Waals surface area (Å²) in [5.41, 5.74) is 1.21. The quantitative estimate of drug-likeness (QED) is 0.634. The van der Waals surface area contributed by atoms with Gasteiger partial charge in [0, 0.05) is 32.1 Å². The summed E-state index contributed by atoms with van der Waals surface area (Å²) in [6, 6.07) is 7.89. The second-order valence-electron chi connectivity index (χ2n) is 9.69. The summed E-state index contributed by atoms with van der Waals surface area (Å²) < 4.78 is 0. The van der Waals surface area contributed by atoms with Crippen molar-refractivity contribution in [2.24, 2.45) is 5.92 Å². The van der Waals surface area contributed by atoms with Crippen molar-refractivity contribution >= 4 is 11.9 Å². The molecule has 0 aromatic heterocycles. The summed E-state index contributed by atoms with van der Waals surface area (Å²) in [5, 5.41) is 18.9. The van der Waals surface area contributed by atoms with Gasteiger partial charge in [-0.15, -0.1) is 0 Å². The fourth-order valence-corrected chi connectivity index (χ4v) is 5.32. The van der Waals surface area contributed by atoms with Crippen molar-refractivity contribution in [1.29, 1.82) is 0 Å². The maximum absolute atomic E-state index is 12.8. The van der Waals surface area contributed by atoms with Gasteiger partial charge in [0.1, 0.15) is 5.75 Å². The summed E-state index contributed by atoms with van der Waals surface area (Å²) >= 11 is 0. The van der Waals surface area contributed by atoms with Gasteiger partial charge in [0.05, 0.1) is 6.42 Å². The zero-order valence-electron chi connectivity index (χ0n) is 19.6. The van der Waals surface area contributed by atoms with E-state index in [1.165, 1.54) is 12.0 Å². The zero-order valence-corrected chi connectivity index (χ0v) is 19.6. The molecule has 32 heavy (non-hydrogen) atoms. The average Bonchev–Trinajstić information content (AvgIpc) is 2.75. The molecular formula is C25H40N2O5. The van der Waals surface area contributed by atoms with E-state index >= 15 is 0 Å². The number of hydrogen-bond acceptors (Lipinski definition) is 4. The number of carboxylic acids is 1. The number of benzene rings is 1. The molecule has 1 aliphatic heterocycles. The molecule has 0 radical (unpaired) electrons. The fraction of sp³-hybridized carbons (Fsp3) is 0.680. The normalized spacial score (nSPS) is 24.5. The lowest BCUT2D eigenvalue weighted by Gasteiger charge is -2.46. The first-order valence-corrected chi connectivity index (χ1v) is 11.8. The summed E-state index contributed by atoms with van der Waals surface area (Å²) in [5.74, 6) is -0.178. The molecule has 0 bridgehead atoms. The van der Waals surface area contributed by atoms with E-state index in [0.717, 1.165) is 51.7 Å². The Hall–Kier alpha value is -2.12. The molecule has 2 unspecified atom stereocenters.